The molecule has 0 radical (unpaired) electrons. The molecule has 0 fully saturated rings. The fourth-order valence-electron chi connectivity index (χ4n) is 2.01. The number of non-ortho nitro benzene ring substituents is 1. The van der Waals surface area contributed by atoms with Gasteiger partial charge in [-0.1, -0.05) is 11.6 Å². The zero-order chi connectivity index (χ0) is 19.4. The van der Waals surface area contributed by atoms with Crippen LogP contribution in [-0.4, -0.2) is 34.3 Å². The molecule has 11 heteroatoms. The van der Waals surface area contributed by atoms with Gasteiger partial charge in [-0.05, 0) is 31.4 Å². The summed E-state index contributed by atoms with van der Waals surface area (Å²) < 4.78 is 9.23. The number of aromatic nitrogens is 1. The van der Waals surface area contributed by atoms with Crippen molar-refractivity contribution in [3.05, 3.63) is 44.6 Å². The maximum Gasteiger partial charge on any atom is 0.343 e. The van der Waals surface area contributed by atoms with Gasteiger partial charge in [0.1, 0.15) is 10.6 Å². The first kappa shape index (κ1) is 19.6. The quantitative estimate of drug-likeness (QED) is 0.434. The van der Waals surface area contributed by atoms with Crippen LogP contribution in [0.25, 0.3) is 0 Å². The smallest absolute Gasteiger partial charge is 0.343 e. The number of hydrogen-bond donors (Lipinski definition) is 2. The first-order valence-electron chi connectivity index (χ1n) is 7.34. The van der Waals surface area contributed by atoms with Gasteiger partial charge in [-0.15, -0.1) is 0 Å². The first-order valence-corrected chi connectivity index (χ1v) is 8.49. The van der Waals surface area contributed by atoms with Gasteiger partial charge < -0.3 is 15.4 Å². The van der Waals surface area contributed by atoms with Crippen LogP contribution in [0, 0.1) is 17.0 Å². The summed E-state index contributed by atoms with van der Waals surface area (Å²) in [4.78, 5) is 34.8. The van der Waals surface area contributed by atoms with Gasteiger partial charge in [-0.25, -0.2) is 4.79 Å². The van der Waals surface area contributed by atoms with E-state index in [0.717, 1.165) is 17.6 Å². The number of hydrogen-bond acceptors (Lipinski definition) is 8. The van der Waals surface area contributed by atoms with Gasteiger partial charge in [0.2, 0.25) is 0 Å². The molecule has 1 heterocycles. The third-order valence-corrected chi connectivity index (χ3v) is 4.65. The third-order valence-electron chi connectivity index (χ3n) is 3.37. The Morgan fingerprint density at radius 3 is 2.73 bits per heavy atom. The predicted molar refractivity (Wildman–Crippen MR) is 98.0 cm³/mol. The summed E-state index contributed by atoms with van der Waals surface area (Å²) in [6.45, 7) is 3.04. The van der Waals surface area contributed by atoms with Gasteiger partial charge >= 0.3 is 5.97 Å². The van der Waals surface area contributed by atoms with Crippen molar-refractivity contribution in [3.63, 3.8) is 0 Å². The Bertz CT molecular complexity index is 870. The normalized spacial score (nSPS) is 11.5. The largest absolute Gasteiger partial charge is 0.449 e. The number of nitro groups is 1. The highest BCUT2D eigenvalue weighted by atomic mass is 35.5. The molecule has 26 heavy (non-hydrogen) atoms. The third kappa shape index (κ3) is 4.27. The zero-order valence-corrected chi connectivity index (χ0v) is 15.6. The molecule has 2 aromatic rings. The second kappa shape index (κ2) is 8.11. The monoisotopic (exact) mass is 398 g/mol. The summed E-state index contributed by atoms with van der Waals surface area (Å²) in [7, 11) is 1.64. The first-order chi connectivity index (χ1) is 12.2. The minimum Gasteiger partial charge on any atom is -0.449 e. The summed E-state index contributed by atoms with van der Waals surface area (Å²) in [5.74, 6) is -1.37. The molecule has 0 spiro atoms. The maximum atomic E-state index is 12.3. The van der Waals surface area contributed by atoms with Crippen LogP contribution in [0.4, 0.5) is 16.4 Å². The molecule has 0 saturated heterocycles. The van der Waals surface area contributed by atoms with Crippen molar-refractivity contribution in [2.45, 2.75) is 20.0 Å². The van der Waals surface area contributed by atoms with E-state index in [1.165, 1.54) is 19.1 Å². The summed E-state index contributed by atoms with van der Waals surface area (Å²) in [5, 5.41) is 16.7. The van der Waals surface area contributed by atoms with E-state index in [1.54, 1.807) is 14.0 Å². The highest BCUT2D eigenvalue weighted by Crippen LogP contribution is 2.28. The Labute approximate surface area is 157 Å². The molecule has 0 saturated carbocycles. The van der Waals surface area contributed by atoms with Crippen LogP contribution in [-0.2, 0) is 9.53 Å². The average Bonchev–Trinajstić information content (AvgIpc) is 2.97. The van der Waals surface area contributed by atoms with E-state index in [2.05, 4.69) is 15.0 Å². The van der Waals surface area contributed by atoms with Gasteiger partial charge in [-0.2, -0.15) is 4.37 Å². The van der Waals surface area contributed by atoms with Crippen molar-refractivity contribution in [2.75, 3.05) is 17.7 Å². The Balaban J connectivity index is 2.11. The highest BCUT2D eigenvalue weighted by molar-refractivity contribution is 7.10. The minimum atomic E-state index is -1.15. The molecule has 1 unspecified atom stereocenters. The highest BCUT2D eigenvalue weighted by Gasteiger charge is 2.25. The van der Waals surface area contributed by atoms with Crippen molar-refractivity contribution in [1.82, 2.24) is 4.37 Å². The number of benzene rings is 1. The number of nitrogens with zero attached hydrogens (tertiary/aromatic N) is 2. The Hall–Kier alpha value is -2.72. The van der Waals surface area contributed by atoms with Crippen LogP contribution < -0.4 is 10.6 Å². The van der Waals surface area contributed by atoms with Crippen molar-refractivity contribution < 1.29 is 19.2 Å². The molecule has 0 aliphatic carbocycles. The predicted octanol–water partition coefficient (Wildman–Crippen LogP) is 3.24. The van der Waals surface area contributed by atoms with E-state index in [4.69, 9.17) is 16.3 Å². The van der Waals surface area contributed by atoms with E-state index in [1.807, 2.05) is 0 Å². The lowest BCUT2D eigenvalue weighted by Gasteiger charge is -2.14. The van der Waals surface area contributed by atoms with Gasteiger partial charge in [0.25, 0.3) is 11.6 Å². The van der Waals surface area contributed by atoms with Crippen molar-refractivity contribution >= 4 is 51.4 Å². The maximum absolute atomic E-state index is 12.3. The second-order valence-electron chi connectivity index (χ2n) is 5.18. The number of carbonyl (C=O) groups excluding carboxylic acids is 2. The molecule has 1 amide bonds. The number of carbonyl (C=O) groups is 2. The zero-order valence-electron chi connectivity index (χ0n) is 14.0. The van der Waals surface area contributed by atoms with Crippen LogP contribution in [0.2, 0.25) is 5.02 Å². The number of ether oxygens (including phenoxy) is 1. The molecule has 9 nitrogen and oxygen atoms in total. The number of nitro benzene ring substituents is 1. The van der Waals surface area contributed by atoms with Crippen LogP contribution in [0.5, 0.6) is 0 Å². The van der Waals surface area contributed by atoms with Crippen molar-refractivity contribution in [3.8, 4) is 0 Å². The molecule has 0 aliphatic heterocycles. The van der Waals surface area contributed by atoms with Crippen LogP contribution in [0.3, 0.4) is 0 Å². The summed E-state index contributed by atoms with van der Waals surface area (Å²) in [6.07, 6.45) is -1.15. The molecule has 1 aromatic carbocycles. The van der Waals surface area contributed by atoms with Gasteiger partial charge in [0.15, 0.2) is 6.10 Å². The molecule has 2 rings (SSSR count). The standard InChI is InChI=1S/C15H15ClN4O5S/c1-7-12(14(17-3)26-19-7)15(22)25-8(2)13(21)18-11-6-9(20(23)24)4-5-10(11)16/h4-6,8,17H,1-3H3,(H,18,21). The van der Waals surface area contributed by atoms with Crippen LogP contribution >= 0.6 is 23.1 Å². The van der Waals surface area contributed by atoms with Gasteiger partial charge in [0, 0.05) is 19.2 Å². The number of anilines is 2. The number of halogens is 1. The summed E-state index contributed by atoms with van der Waals surface area (Å²) in [6, 6.07) is 3.64. The summed E-state index contributed by atoms with van der Waals surface area (Å²) >= 11 is 7.04. The summed E-state index contributed by atoms with van der Waals surface area (Å²) in [5.41, 5.74) is 0.565. The number of nitrogens with one attached hydrogen (secondary N) is 2. The van der Waals surface area contributed by atoms with Crippen LogP contribution in [0.15, 0.2) is 18.2 Å². The molecule has 2 N–H and O–H groups in total. The Morgan fingerprint density at radius 2 is 2.12 bits per heavy atom. The lowest BCUT2D eigenvalue weighted by molar-refractivity contribution is -0.384. The lowest BCUT2D eigenvalue weighted by Crippen LogP contribution is -2.30. The molecule has 138 valence electrons. The molecule has 1 aromatic heterocycles. The number of amides is 1. The molecular weight excluding hydrogens is 384 g/mol. The fraction of sp³-hybridized carbons (Fsp3) is 0.267. The molecule has 0 bridgehead atoms. The SMILES string of the molecule is CNc1snc(C)c1C(=O)OC(C)C(=O)Nc1cc([N+](=O)[O-])ccc1Cl. The van der Waals surface area contributed by atoms with Crippen molar-refractivity contribution in [2.24, 2.45) is 0 Å². The Morgan fingerprint density at radius 1 is 1.42 bits per heavy atom. The number of rotatable bonds is 6. The van der Waals surface area contributed by atoms with Crippen molar-refractivity contribution in [1.29, 1.82) is 0 Å². The minimum absolute atomic E-state index is 0.0538. The molecule has 0 aliphatic rings. The van der Waals surface area contributed by atoms with E-state index in [9.17, 15) is 19.7 Å². The lowest BCUT2D eigenvalue weighted by atomic mass is 10.2. The second-order valence-corrected chi connectivity index (χ2v) is 6.36. The number of esters is 1. The van der Waals surface area contributed by atoms with E-state index in [-0.39, 0.29) is 22.0 Å². The Kier molecular flexibility index (Phi) is 6.11. The van der Waals surface area contributed by atoms with E-state index < -0.39 is 22.9 Å². The molecular formula is C15H15ClN4O5S. The number of aryl methyl sites for hydroxylation is 1. The van der Waals surface area contributed by atoms with E-state index >= 15 is 0 Å². The van der Waals surface area contributed by atoms with Crippen LogP contribution in [0.1, 0.15) is 23.0 Å². The van der Waals surface area contributed by atoms with Gasteiger partial charge in [-0.3, -0.25) is 14.9 Å². The van der Waals surface area contributed by atoms with Gasteiger partial charge in [0.05, 0.1) is 21.3 Å². The van der Waals surface area contributed by atoms with E-state index in [0.29, 0.717) is 10.7 Å². The molecule has 1 atom stereocenters. The average molecular weight is 399 g/mol. The topological polar surface area (TPSA) is 123 Å². The fourth-order valence-corrected chi connectivity index (χ4v) is 2.91.